The molecule has 7 aliphatic rings. The van der Waals surface area contributed by atoms with Crippen molar-refractivity contribution >= 4 is 11.8 Å². The van der Waals surface area contributed by atoms with Gasteiger partial charge in [0.1, 0.15) is 17.7 Å². The van der Waals surface area contributed by atoms with Crippen LogP contribution >= 0.6 is 0 Å². The lowest BCUT2D eigenvalue weighted by atomic mass is 9.35. The summed E-state index contributed by atoms with van der Waals surface area (Å²) in [6, 6.07) is 3.83. The van der Waals surface area contributed by atoms with E-state index in [4.69, 9.17) is 9.47 Å². The lowest BCUT2D eigenvalue weighted by molar-refractivity contribution is -0.276. The highest BCUT2D eigenvalue weighted by Gasteiger charge is 2.80. The van der Waals surface area contributed by atoms with Gasteiger partial charge in [0.05, 0.1) is 0 Å². The first-order valence-corrected chi connectivity index (χ1v) is 15.6. The van der Waals surface area contributed by atoms with Crippen LogP contribution in [0.15, 0.2) is 12.1 Å². The van der Waals surface area contributed by atoms with Gasteiger partial charge in [-0.3, -0.25) is 14.5 Å². The van der Waals surface area contributed by atoms with Gasteiger partial charge in [0, 0.05) is 55.5 Å². The molecule has 2 spiro atoms. The van der Waals surface area contributed by atoms with E-state index in [0.717, 1.165) is 51.0 Å². The van der Waals surface area contributed by atoms with Crippen LogP contribution in [0.1, 0.15) is 76.8 Å². The third-order valence-corrected chi connectivity index (χ3v) is 12.2. The first-order chi connectivity index (χ1) is 19.2. The minimum absolute atomic E-state index is 0.0142. The number of hydrogen-bond donors (Lipinski definition) is 3. The van der Waals surface area contributed by atoms with Crippen LogP contribution in [-0.4, -0.2) is 72.4 Å². The first-order valence-electron chi connectivity index (χ1n) is 15.6. The highest BCUT2D eigenvalue weighted by Crippen LogP contribution is 2.76. The Hall–Kier alpha value is -2.32. The standard InChI is InChI=1S/C32H45N3O5/c1-5-18(2)26(34-19(3)36)28(38)33-16-22-15-30-10-11-32(22,39-4)29-31(30)12-13-35(17-20-6-7-20)24(30)14-21-8-9-23(37)27(40-29)25(21)31/h8-9,18,20,22,24,26,29,37H,5-7,10-17H2,1-4H3,(H,33,38)(H,34,36)/t18-,22+,24+,26-,29+,30+,31-,32?/m0/s1. The second-order valence-electron chi connectivity index (χ2n) is 13.9. The zero-order valence-electron chi connectivity index (χ0n) is 24.4. The fourth-order valence-corrected chi connectivity index (χ4v) is 10.0. The topological polar surface area (TPSA) is 100 Å². The quantitative estimate of drug-likeness (QED) is 0.436. The summed E-state index contributed by atoms with van der Waals surface area (Å²) in [5.74, 6) is 1.53. The van der Waals surface area contributed by atoms with Gasteiger partial charge in [-0.25, -0.2) is 0 Å². The Morgan fingerprint density at radius 3 is 2.75 bits per heavy atom. The summed E-state index contributed by atoms with van der Waals surface area (Å²) in [6.07, 6.45) is 8.23. The van der Waals surface area contributed by atoms with E-state index in [1.54, 1.807) is 7.11 Å². The number of hydrogen-bond acceptors (Lipinski definition) is 6. The number of phenols is 1. The van der Waals surface area contributed by atoms with E-state index in [-0.39, 0.29) is 46.3 Å². The van der Waals surface area contributed by atoms with Crippen LogP contribution in [0, 0.1) is 23.2 Å². The highest BCUT2D eigenvalue weighted by atomic mass is 16.6. The van der Waals surface area contributed by atoms with Crippen molar-refractivity contribution in [1.29, 1.82) is 0 Å². The number of carbonyl (C=O) groups is 2. The zero-order valence-corrected chi connectivity index (χ0v) is 24.4. The van der Waals surface area contributed by atoms with Gasteiger partial charge in [0.25, 0.3) is 0 Å². The number of piperidine rings is 1. The molecule has 8 nitrogen and oxygen atoms in total. The van der Waals surface area contributed by atoms with Crippen LogP contribution < -0.4 is 15.4 Å². The van der Waals surface area contributed by atoms with Crippen molar-refractivity contribution in [2.75, 3.05) is 26.7 Å². The molecule has 0 aromatic heterocycles. The minimum Gasteiger partial charge on any atom is -0.504 e. The van der Waals surface area contributed by atoms with E-state index in [9.17, 15) is 14.7 Å². The van der Waals surface area contributed by atoms with Gasteiger partial charge < -0.3 is 25.2 Å². The molecule has 1 saturated heterocycles. The Morgan fingerprint density at radius 1 is 1.25 bits per heavy atom. The summed E-state index contributed by atoms with van der Waals surface area (Å²) >= 11 is 0. The van der Waals surface area contributed by atoms with E-state index in [0.29, 0.717) is 18.3 Å². The van der Waals surface area contributed by atoms with Gasteiger partial charge in [0.2, 0.25) is 11.8 Å². The molecule has 8 rings (SSSR count). The van der Waals surface area contributed by atoms with Crippen molar-refractivity contribution in [2.24, 2.45) is 23.2 Å². The fraction of sp³-hybridized carbons (Fsp3) is 0.750. The lowest BCUT2D eigenvalue weighted by Gasteiger charge is -2.74. The summed E-state index contributed by atoms with van der Waals surface area (Å²) < 4.78 is 13.4. The number of methoxy groups -OCH3 is 1. The number of nitrogens with zero attached hydrogens (tertiary/aromatic N) is 1. The van der Waals surface area contributed by atoms with E-state index >= 15 is 0 Å². The fourth-order valence-electron chi connectivity index (χ4n) is 10.0. The van der Waals surface area contributed by atoms with E-state index in [1.807, 2.05) is 19.9 Å². The van der Waals surface area contributed by atoms with Crippen LogP contribution in [0.3, 0.4) is 0 Å². The predicted molar refractivity (Wildman–Crippen MR) is 150 cm³/mol. The number of likely N-dealkylation sites (tertiary alicyclic amines) is 1. The van der Waals surface area contributed by atoms with Crippen molar-refractivity contribution in [3.63, 3.8) is 0 Å². The number of nitrogens with one attached hydrogen (secondary N) is 2. The largest absolute Gasteiger partial charge is 0.504 e. The molecule has 0 radical (unpaired) electrons. The molecule has 40 heavy (non-hydrogen) atoms. The summed E-state index contributed by atoms with van der Waals surface area (Å²) in [7, 11) is 1.80. The lowest BCUT2D eigenvalue weighted by Crippen LogP contribution is -2.81. The summed E-state index contributed by atoms with van der Waals surface area (Å²) in [5.41, 5.74) is 1.87. The molecule has 4 bridgehead atoms. The molecule has 2 heterocycles. The monoisotopic (exact) mass is 551 g/mol. The van der Waals surface area contributed by atoms with Crippen molar-refractivity contribution in [1.82, 2.24) is 15.5 Å². The Morgan fingerprint density at radius 2 is 2.05 bits per heavy atom. The van der Waals surface area contributed by atoms with Crippen LogP contribution in [0.5, 0.6) is 11.5 Å². The van der Waals surface area contributed by atoms with Crippen molar-refractivity contribution < 1.29 is 24.2 Å². The molecule has 1 unspecified atom stereocenters. The molecule has 2 aliphatic heterocycles. The number of benzene rings is 1. The van der Waals surface area contributed by atoms with Gasteiger partial charge in [-0.15, -0.1) is 0 Å². The molecule has 8 heteroatoms. The number of aromatic hydroxyl groups is 1. The number of carbonyl (C=O) groups excluding carboxylic acids is 2. The van der Waals surface area contributed by atoms with Crippen LogP contribution in [0.25, 0.3) is 0 Å². The maximum atomic E-state index is 13.5. The van der Waals surface area contributed by atoms with Crippen LogP contribution in [0.2, 0.25) is 0 Å². The molecule has 5 fully saturated rings. The minimum atomic E-state index is -0.557. The molecule has 4 saturated carbocycles. The van der Waals surface area contributed by atoms with Gasteiger partial charge in [0.15, 0.2) is 11.5 Å². The summed E-state index contributed by atoms with van der Waals surface area (Å²) in [5, 5.41) is 17.1. The molecule has 218 valence electrons. The maximum Gasteiger partial charge on any atom is 0.242 e. The van der Waals surface area contributed by atoms with Crippen molar-refractivity contribution in [2.45, 2.75) is 101 Å². The van der Waals surface area contributed by atoms with Crippen LogP contribution in [0.4, 0.5) is 0 Å². The zero-order chi connectivity index (χ0) is 28.0. The summed E-state index contributed by atoms with van der Waals surface area (Å²) in [6.45, 7) is 8.24. The molecule has 1 aromatic rings. The second kappa shape index (κ2) is 9.09. The average Bonchev–Trinajstić information content (AvgIpc) is 3.69. The third kappa shape index (κ3) is 3.38. The van der Waals surface area contributed by atoms with E-state index in [2.05, 4.69) is 21.6 Å². The predicted octanol–water partition coefficient (Wildman–Crippen LogP) is 3.28. The Bertz CT molecular complexity index is 1230. The van der Waals surface area contributed by atoms with Gasteiger partial charge in [-0.05, 0) is 75.0 Å². The van der Waals surface area contributed by atoms with Gasteiger partial charge >= 0.3 is 0 Å². The average molecular weight is 552 g/mol. The number of fused-ring (bicyclic) bond motifs is 2. The SMILES string of the molecule is CC[C@H](C)[C@H](NC(C)=O)C(=O)NC[C@H]1C[C@@]23CCC1(OC)[C@@H]1Oc4c(O)ccc5c4[C@@]12CCN(CC1CC1)[C@@H]3C5. The van der Waals surface area contributed by atoms with Crippen molar-refractivity contribution in [3.8, 4) is 11.5 Å². The smallest absolute Gasteiger partial charge is 0.242 e. The number of amides is 2. The molecule has 2 amide bonds. The summed E-state index contributed by atoms with van der Waals surface area (Å²) in [4.78, 5) is 28.2. The molecular formula is C32H45N3O5. The third-order valence-electron chi connectivity index (χ3n) is 12.2. The van der Waals surface area contributed by atoms with E-state index in [1.165, 1.54) is 37.4 Å². The Balaban J connectivity index is 1.26. The van der Waals surface area contributed by atoms with Crippen LogP contribution in [-0.2, 0) is 26.2 Å². The maximum absolute atomic E-state index is 13.5. The second-order valence-corrected chi connectivity index (χ2v) is 13.9. The first kappa shape index (κ1) is 26.6. The Labute approximate surface area is 237 Å². The van der Waals surface area contributed by atoms with Gasteiger partial charge in [-0.2, -0.15) is 0 Å². The molecule has 8 atom stereocenters. The van der Waals surface area contributed by atoms with E-state index < -0.39 is 11.6 Å². The molecular weight excluding hydrogens is 506 g/mol. The molecule has 3 N–H and O–H groups in total. The number of phenolic OH excluding ortho intramolecular Hbond substituents is 1. The molecule has 5 aliphatic carbocycles. The van der Waals surface area contributed by atoms with Gasteiger partial charge in [-0.1, -0.05) is 26.3 Å². The van der Waals surface area contributed by atoms with Crippen molar-refractivity contribution in [3.05, 3.63) is 23.3 Å². The molecule has 1 aromatic carbocycles. The Kier molecular flexibility index (Phi) is 6.04. The number of ether oxygens (including phenoxy) is 2. The highest BCUT2D eigenvalue weighted by molar-refractivity contribution is 5.87. The normalized spacial score (nSPS) is 38.2. The number of rotatable bonds is 9.